The second-order valence-electron chi connectivity index (χ2n) is 7.01. The van der Waals surface area contributed by atoms with Crippen LogP contribution in [0.3, 0.4) is 0 Å². The van der Waals surface area contributed by atoms with E-state index in [0.29, 0.717) is 16.4 Å². The number of hydrogen-bond donors (Lipinski definition) is 3. The number of aryl methyl sites for hydroxylation is 1. The average Bonchev–Trinajstić information content (AvgIpc) is 3.00. The van der Waals surface area contributed by atoms with Gasteiger partial charge in [-0.05, 0) is 38.0 Å². The number of nitrogens with one attached hydrogen (secondary N) is 1. The molecule has 1 aliphatic carbocycles. The molecular formula is C19H25Cl2N7. The highest BCUT2D eigenvalue weighted by Crippen LogP contribution is 2.35. The van der Waals surface area contributed by atoms with Crippen LogP contribution in [0.15, 0.2) is 24.3 Å². The number of halogens is 2. The van der Waals surface area contributed by atoms with Crippen LogP contribution in [0.1, 0.15) is 44.3 Å². The Hall–Kier alpha value is -2.09. The number of nitrogens with zero attached hydrogens (tertiary/aromatic N) is 4. The van der Waals surface area contributed by atoms with Crippen molar-refractivity contribution < 1.29 is 0 Å². The van der Waals surface area contributed by atoms with Crippen LogP contribution < -0.4 is 16.8 Å². The summed E-state index contributed by atoms with van der Waals surface area (Å²) in [6, 6.07) is 7.58. The Bertz CT molecular complexity index is 972. The molecule has 1 fully saturated rings. The van der Waals surface area contributed by atoms with Crippen LogP contribution in [0.25, 0.3) is 11.2 Å². The fraction of sp³-hybridized carbons (Fsp3) is 0.421. The molecule has 150 valence electrons. The zero-order valence-corrected chi connectivity index (χ0v) is 17.3. The van der Waals surface area contributed by atoms with Gasteiger partial charge in [0.05, 0.1) is 0 Å². The van der Waals surface area contributed by atoms with Crippen LogP contribution >= 0.6 is 24.0 Å². The van der Waals surface area contributed by atoms with Gasteiger partial charge < -0.3 is 21.4 Å². The van der Waals surface area contributed by atoms with Crippen molar-refractivity contribution in [1.82, 2.24) is 19.5 Å². The lowest BCUT2D eigenvalue weighted by molar-refractivity contribution is 0.366. The number of aromatic nitrogens is 4. The molecule has 0 bridgehead atoms. The molecule has 9 heteroatoms. The molecule has 3 aromatic rings. The molecule has 7 nitrogen and oxygen atoms in total. The second-order valence-corrected chi connectivity index (χ2v) is 7.44. The molecule has 28 heavy (non-hydrogen) atoms. The second kappa shape index (κ2) is 8.51. The van der Waals surface area contributed by atoms with E-state index in [1.54, 1.807) is 0 Å². The summed E-state index contributed by atoms with van der Waals surface area (Å²) in [5.41, 5.74) is 14.7. The third kappa shape index (κ3) is 3.87. The maximum absolute atomic E-state index is 6.42. The normalized spacial score (nSPS) is 19.4. The van der Waals surface area contributed by atoms with Crippen LogP contribution in [0, 0.1) is 0 Å². The van der Waals surface area contributed by atoms with E-state index >= 15 is 0 Å². The Kier molecular flexibility index (Phi) is 6.27. The maximum Gasteiger partial charge on any atom is 0.224 e. The van der Waals surface area contributed by atoms with Gasteiger partial charge in [-0.15, -0.1) is 12.4 Å². The van der Waals surface area contributed by atoms with Gasteiger partial charge in [-0.1, -0.05) is 30.5 Å². The highest BCUT2D eigenvalue weighted by Gasteiger charge is 2.29. The fourth-order valence-corrected chi connectivity index (χ4v) is 4.09. The molecule has 2 aromatic heterocycles. The molecule has 0 spiro atoms. The lowest BCUT2D eigenvalue weighted by atomic mass is 9.84. The number of rotatable bonds is 4. The molecule has 2 heterocycles. The number of imidazole rings is 1. The molecule has 0 radical (unpaired) electrons. The first-order valence-corrected chi connectivity index (χ1v) is 9.76. The third-order valence-electron chi connectivity index (χ3n) is 5.20. The van der Waals surface area contributed by atoms with Crippen molar-refractivity contribution in [3.8, 4) is 0 Å². The van der Waals surface area contributed by atoms with Gasteiger partial charge in [-0.25, -0.2) is 4.98 Å². The van der Waals surface area contributed by atoms with Crippen molar-refractivity contribution in [2.24, 2.45) is 5.73 Å². The first-order valence-electron chi connectivity index (χ1n) is 9.38. The minimum atomic E-state index is 0. The average molecular weight is 422 g/mol. The van der Waals surface area contributed by atoms with Crippen LogP contribution in [0.4, 0.5) is 17.5 Å². The lowest BCUT2D eigenvalue weighted by Crippen LogP contribution is -2.33. The van der Waals surface area contributed by atoms with Crippen LogP contribution in [0.2, 0.25) is 5.02 Å². The first-order chi connectivity index (χ1) is 13.1. The molecular weight excluding hydrogens is 397 g/mol. The number of nitrogen functional groups attached to an aromatic ring is 1. The van der Waals surface area contributed by atoms with Crippen molar-refractivity contribution >= 4 is 52.6 Å². The zero-order valence-electron chi connectivity index (χ0n) is 15.7. The van der Waals surface area contributed by atoms with Crippen LogP contribution in [-0.2, 0) is 6.54 Å². The van der Waals surface area contributed by atoms with Crippen molar-refractivity contribution in [3.63, 3.8) is 0 Å². The van der Waals surface area contributed by atoms with Gasteiger partial charge in [0.1, 0.15) is 5.82 Å². The summed E-state index contributed by atoms with van der Waals surface area (Å²) in [7, 11) is 0. The molecule has 2 atom stereocenters. The number of anilines is 3. The Morgan fingerprint density at radius 1 is 1.21 bits per heavy atom. The summed E-state index contributed by atoms with van der Waals surface area (Å²) in [5, 5.41) is 3.93. The molecule has 0 saturated heterocycles. The molecule has 1 aromatic carbocycles. The topological polar surface area (TPSA) is 108 Å². The van der Waals surface area contributed by atoms with Crippen LogP contribution in [0.5, 0.6) is 0 Å². The third-order valence-corrected chi connectivity index (χ3v) is 5.43. The number of nitrogens with two attached hydrogens (primary N) is 2. The maximum atomic E-state index is 6.42. The molecule has 1 aliphatic rings. The monoisotopic (exact) mass is 421 g/mol. The fourth-order valence-electron chi connectivity index (χ4n) is 3.90. The van der Waals surface area contributed by atoms with Crippen molar-refractivity contribution in [2.45, 2.75) is 51.1 Å². The Morgan fingerprint density at radius 2 is 2.00 bits per heavy atom. The summed E-state index contributed by atoms with van der Waals surface area (Å²) >= 11 is 6.10. The van der Waals surface area contributed by atoms with Crippen molar-refractivity contribution in [3.05, 3.63) is 35.1 Å². The Balaban J connectivity index is 0.00000225. The molecule has 0 aliphatic heterocycles. The van der Waals surface area contributed by atoms with E-state index < -0.39 is 0 Å². The van der Waals surface area contributed by atoms with Gasteiger partial charge in [0.2, 0.25) is 5.95 Å². The standard InChI is InChI=1S/C19H24ClN7.ClH/c1-2-27-17(13-8-3-4-9-14(13)21)24-15-16(25-19(22)26-18(15)27)23-12-7-5-6-11(20)10-12;/h5-7,10,13-14H,2-4,8-9,21H2,1H3,(H3,22,23,25,26);1H/t13-,14+;/m1./s1. The van der Waals surface area contributed by atoms with Gasteiger partial charge in [0.25, 0.3) is 0 Å². The lowest BCUT2D eigenvalue weighted by Gasteiger charge is -2.28. The predicted molar refractivity (Wildman–Crippen MR) is 117 cm³/mol. The van der Waals surface area contributed by atoms with Gasteiger partial charge in [0.15, 0.2) is 17.0 Å². The summed E-state index contributed by atoms with van der Waals surface area (Å²) in [6.45, 7) is 2.84. The molecule has 0 unspecified atom stereocenters. The van der Waals surface area contributed by atoms with E-state index in [0.717, 1.165) is 36.5 Å². The number of benzene rings is 1. The summed E-state index contributed by atoms with van der Waals surface area (Å²) in [5.74, 6) is 2.00. The van der Waals surface area contributed by atoms with Gasteiger partial charge in [-0.3, -0.25) is 0 Å². The summed E-state index contributed by atoms with van der Waals surface area (Å²) in [6.07, 6.45) is 4.43. The summed E-state index contributed by atoms with van der Waals surface area (Å²) in [4.78, 5) is 13.8. The SMILES string of the molecule is CCn1c([C@@H]2CCCC[C@@H]2N)nc2c(Nc3cccc(Cl)c3)nc(N)nc21.Cl. The molecule has 5 N–H and O–H groups in total. The Morgan fingerprint density at radius 3 is 2.71 bits per heavy atom. The van der Waals surface area contributed by atoms with E-state index in [2.05, 4.69) is 26.8 Å². The highest BCUT2D eigenvalue weighted by molar-refractivity contribution is 6.30. The Labute approximate surface area is 175 Å². The van der Waals surface area contributed by atoms with Crippen molar-refractivity contribution in [2.75, 3.05) is 11.1 Å². The quantitative estimate of drug-likeness (QED) is 0.581. The van der Waals surface area contributed by atoms with E-state index in [4.69, 9.17) is 28.1 Å². The van der Waals surface area contributed by atoms with Gasteiger partial charge in [-0.2, -0.15) is 9.97 Å². The van der Waals surface area contributed by atoms with Gasteiger partial charge >= 0.3 is 0 Å². The smallest absolute Gasteiger partial charge is 0.224 e. The zero-order chi connectivity index (χ0) is 19.0. The summed E-state index contributed by atoms with van der Waals surface area (Å²) < 4.78 is 2.12. The largest absolute Gasteiger partial charge is 0.368 e. The number of hydrogen-bond acceptors (Lipinski definition) is 6. The van der Waals surface area contributed by atoms with Crippen LogP contribution in [-0.4, -0.2) is 25.6 Å². The minimum Gasteiger partial charge on any atom is -0.368 e. The predicted octanol–water partition coefficient (Wildman–Crippen LogP) is 4.23. The van der Waals surface area contributed by atoms with E-state index in [1.807, 2.05) is 24.3 Å². The molecule has 4 rings (SSSR count). The van der Waals surface area contributed by atoms with E-state index in [1.165, 1.54) is 12.8 Å². The highest BCUT2D eigenvalue weighted by atomic mass is 35.5. The molecule has 1 saturated carbocycles. The van der Waals surface area contributed by atoms with Gasteiger partial charge in [0, 0.05) is 29.2 Å². The molecule has 0 amide bonds. The first kappa shape index (κ1) is 20.6. The number of fused-ring (bicyclic) bond motifs is 1. The van der Waals surface area contributed by atoms with E-state index in [-0.39, 0.29) is 30.3 Å². The minimum absolute atomic E-state index is 0. The van der Waals surface area contributed by atoms with Crippen molar-refractivity contribution in [1.29, 1.82) is 0 Å². The van der Waals surface area contributed by atoms with E-state index in [9.17, 15) is 0 Å².